The minimum Gasteiger partial charge on any atom is -0.465 e. The van der Waals surface area contributed by atoms with Crippen LogP contribution in [0.2, 0.25) is 0 Å². The van der Waals surface area contributed by atoms with Crippen molar-refractivity contribution in [2.75, 3.05) is 7.11 Å². The molecule has 2 nitrogen and oxygen atoms in total. The predicted molar refractivity (Wildman–Crippen MR) is 81.1 cm³/mol. The second-order valence-electron chi connectivity index (χ2n) is 4.56. The van der Waals surface area contributed by atoms with E-state index in [1.54, 1.807) is 0 Å². The van der Waals surface area contributed by atoms with Gasteiger partial charge in [0.1, 0.15) is 0 Å². The minimum absolute atomic E-state index is 0.301. The minimum atomic E-state index is -0.301. The van der Waals surface area contributed by atoms with Crippen molar-refractivity contribution < 1.29 is 9.53 Å². The van der Waals surface area contributed by atoms with Crippen molar-refractivity contribution in [3.63, 3.8) is 0 Å². The fraction of sp³-hybridized carbons (Fsp3) is 0.500. The average Bonchev–Trinajstić information content (AvgIpc) is 2.35. The summed E-state index contributed by atoms with van der Waals surface area (Å²) in [4.78, 5) is 11.4. The van der Waals surface area contributed by atoms with Gasteiger partial charge in [-0.2, -0.15) is 11.8 Å². The van der Waals surface area contributed by atoms with E-state index in [0.717, 1.165) is 10.2 Å². The van der Waals surface area contributed by atoms with Crippen LogP contribution >= 0.6 is 27.7 Å². The van der Waals surface area contributed by atoms with Crippen LogP contribution in [0.3, 0.4) is 0 Å². The van der Waals surface area contributed by atoms with E-state index in [1.807, 2.05) is 30.0 Å². The maximum Gasteiger partial charge on any atom is 0.337 e. The Morgan fingerprint density at radius 1 is 1.39 bits per heavy atom. The third-order valence-corrected chi connectivity index (χ3v) is 5.20. The zero-order chi connectivity index (χ0) is 13.7. The molecular weight excluding hydrogens is 312 g/mol. The maximum absolute atomic E-state index is 11.4. The van der Waals surface area contributed by atoms with Gasteiger partial charge in [-0.05, 0) is 23.6 Å². The van der Waals surface area contributed by atoms with Gasteiger partial charge in [-0.3, -0.25) is 0 Å². The molecule has 0 radical (unpaired) electrons. The molecule has 0 bridgehead atoms. The van der Waals surface area contributed by atoms with Gasteiger partial charge in [-0.15, -0.1) is 0 Å². The lowest BCUT2D eigenvalue weighted by molar-refractivity contribution is 0.0600. The third-order valence-electron chi connectivity index (χ3n) is 2.91. The molecule has 0 heterocycles. The maximum atomic E-state index is 11.4. The van der Waals surface area contributed by atoms with E-state index in [0.29, 0.717) is 16.7 Å². The van der Waals surface area contributed by atoms with Gasteiger partial charge in [-0.1, -0.05) is 42.8 Å². The summed E-state index contributed by atoms with van der Waals surface area (Å²) >= 11 is 5.44. The molecule has 1 rings (SSSR count). The van der Waals surface area contributed by atoms with Crippen molar-refractivity contribution in [1.29, 1.82) is 0 Å². The summed E-state index contributed by atoms with van der Waals surface area (Å²) in [5, 5.41) is 0.622. The lowest BCUT2D eigenvalue weighted by Gasteiger charge is -2.15. The van der Waals surface area contributed by atoms with Gasteiger partial charge < -0.3 is 4.74 Å². The summed E-state index contributed by atoms with van der Waals surface area (Å²) in [6.07, 6.45) is 0. The molecule has 1 atom stereocenters. The fourth-order valence-corrected chi connectivity index (χ4v) is 3.11. The number of esters is 1. The summed E-state index contributed by atoms with van der Waals surface area (Å²) in [6.45, 7) is 6.70. The number of ether oxygens (including phenoxy) is 1. The first-order valence-electron chi connectivity index (χ1n) is 5.94. The largest absolute Gasteiger partial charge is 0.465 e. The Morgan fingerprint density at radius 3 is 2.56 bits per heavy atom. The summed E-state index contributed by atoms with van der Waals surface area (Å²) in [6, 6.07) is 5.62. The average molecular weight is 331 g/mol. The lowest BCUT2D eigenvalue weighted by atomic mass is 10.1. The molecule has 0 saturated heterocycles. The highest BCUT2D eigenvalue weighted by Crippen LogP contribution is 2.27. The Kier molecular flexibility index (Phi) is 6.22. The molecule has 0 fully saturated rings. The summed E-state index contributed by atoms with van der Waals surface area (Å²) in [5.74, 6) is 1.31. The number of methoxy groups -OCH3 is 1. The van der Waals surface area contributed by atoms with E-state index in [9.17, 15) is 4.79 Å². The number of halogens is 1. The Labute approximate surface area is 122 Å². The van der Waals surface area contributed by atoms with E-state index >= 15 is 0 Å². The van der Waals surface area contributed by atoms with Gasteiger partial charge in [0, 0.05) is 15.5 Å². The van der Waals surface area contributed by atoms with Crippen molar-refractivity contribution in [2.45, 2.75) is 31.8 Å². The molecule has 18 heavy (non-hydrogen) atoms. The molecule has 1 aromatic carbocycles. The van der Waals surface area contributed by atoms with Gasteiger partial charge in [0.05, 0.1) is 12.7 Å². The molecule has 0 aromatic heterocycles. The number of carbonyl (C=O) groups excluding carboxylic acids is 1. The van der Waals surface area contributed by atoms with E-state index in [4.69, 9.17) is 4.74 Å². The van der Waals surface area contributed by atoms with E-state index < -0.39 is 0 Å². The molecule has 4 heteroatoms. The van der Waals surface area contributed by atoms with Crippen molar-refractivity contribution >= 4 is 33.7 Å². The van der Waals surface area contributed by atoms with Gasteiger partial charge in [0.25, 0.3) is 0 Å². The zero-order valence-corrected chi connectivity index (χ0v) is 13.6. The van der Waals surface area contributed by atoms with Crippen LogP contribution in [0.1, 0.15) is 36.7 Å². The van der Waals surface area contributed by atoms with Gasteiger partial charge >= 0.3 is 5.97 Å². The first kappa shape index (κ1) is 15.6. The number of thioether (sulfide) groups is 1. The molecular formula is C14H19BrO2S. The number of rotatable bonds is 5. The lowest BCUT2D eigenvalue weighted by Crippen LogP contribution is -2.06. The van der Waals surface area contributed by atoms with Crippen LogP contribution in [-0.2, 0) is 10.5 Å². The quantitative estimate of drug-likeness (QED) is 0.743. The van der Waals surface area contributed by atoms with E-state index in [-0.39, 0.29) is 5.97 Å². The van der Waals surface area contributed by atoms with Crippen LogP contribution in [0.5, 0.6) is 0 Å². The highest BCUT2D eigenvalue weighted by Gasteiger charge is 2.11. The number of hydrogen-bond donors (Lipinski definition) is 0. The van der Waals surface area contributed by atoms with Crippen molar-refractivity contribution in [3.8, 4) is 0 Å². The van der Waals surface area contributed by atoms with Crippen molar-refractivity contribution in [1.82, 2.24) is 0 Å². The summed E-state index contributed by atoms with van der Waals surface area (Å²) < 4.78 is 5.66. The number of hydrogen-bond acceptors (Lipinski definition) is 3. The molecule has 0 aliphatic rings. The van der Waals surface area contributed by atoms with E-state index in [1.165, 1.54) is 12.7 Å². The Bertz CT molecular complexity index is 418. The zero-order valence-electron chi connectivity index (χ0n) is 11.2. The third kappa shape index (κ3) is 4.32. The van der Waals surface area contributed by atoms with Crippen molar-refractivity contribution in [2.24, 2.45) is 5.92 Å². The first-order chi connectivity index (χ1) is 8.45. The van der Waals surface area contributed by atoms with Gasteiger partial charge in [0.15, 0.2) is 0 Å². The molecule has 0 amide bonds. The molecule has 0 aliphatic carbocycles. The Morgan fingerprint density at radius 2 is 2.06 bits per heavy atom. The molecule has 0 saturated carbocycles. The molecule has 1 aromatic rings. The molecule has 1 unspecified atom stereocenters. The smallest absolute Gasteiger partial charge is 0.337 e. The van der Waals surface area contributed by atoms with Crippen molar-refractivity contribution in [3.05, 3.63) is 33.8 Å². The monoisotopic (exact) mass is 330 g/mol. The number of benzene rings is 1. The topological polar surface area (TPSA) is 26.3 Å². The fourth-order valence-electron chi connectivity index (χ4n) is 1.32. The normalized spacial score (nSPS) is 12.6. The second-order valence-corrected chi connectivity index (χ2v) is 6.78. The standard InChI is InChI=1S/C14H19BrO2S/c1-9(2)10(3)18-8-12-6-5-11(7-13(12)15)14(16)17-4/h5-7,9-10H,8H2,1-4H3. The SMILES string of the molecule is COC(=O)c1ccc(CSC(C)C(C)C)c(Br)c1. The Hall–Kier alpha value is -0.480. The molecule has 0 spiro atoms. The van der Waals surface area contributed by atoms with E-state index in [2.05, 4.69) is 36.7 Å². The van der Waals surface area contributed by atoms with Gasteiger partial charge in [0.2, 0.25) is 0 Å². The van der Waals surface area contributed by atoms with Crippen LogP contribution < -0.4 is 0 Å². The van der Waals surface area contributed by atoms with Crippen LogP contribution in [-0.4, -0.2) is 18.3 Å². The molecule has 100 valence electrons. The predicted octanol–water partition coefficient (Wildman–Crippen LogP) is 4.51. The van der Waals surface area contributed by atoms with Crippen LogP contribution in [0.25, 0.3) is 0 Å². The molecule has 0 N–H and O–H groups in total. The second kappa shape index (κ2) is 7.19. The number of carbonyl (C=O) groups is 1. The first-order valence-corrected chi connectivity index (χ1v) is 7.78. The summed E-state index contributed by atoms with van der Waals surface area (Å²) in [5.41, 5.74) is 1.79. The van der Waals surface area contributed by atoms with Crippen LogP contribution in [0.4, 0.5) is 0 Å². The molecule has 0 aliphatic heterocycles. The van der Waals surface area contributed by atoms with Crippen LogP contribution in [0, 0.1) is 5.92 Å². The van der Waals surface area contributed by atoms with Crippen LogP contribution in [0.15, 0.2) is 22.7 Å². The highest BCUT2D eigenvalue weighted by atomic mass is 79.9. The highest BCUT2D eigenvalue weighted by molar-refractivity contribution is 9.10. The van der Waals surface area contributed by atoms with Gasteiger partial charge in [-0.25, -0.2) is 4.79 Å². The summed E-state index contributed by atoms with van der Waals surface area (Å²) in [7, 11) is 1.39. The Balaban J connectivity index is 2.71.